The number of hydrogen-bond acceptors (Lipinski definition) is 9. The summed E-state index contributed by atoms with van der Waals surface area (Å²) in [6, 6.07) is 7.33. The van der Waals surface area contributed by atoms with Crippen molar-refractivity contribution in [3.8, 4) is 0 Å². The zero-order valence-corrected chi connectivity index (χ0v) is 29.1. The quantitative estimate of drug-likeness (QED) is 0.333. The van der Waals surface area contributed by atoms with Crippen LogP contribution in [-0.2, 0) is 19.1 Å². The number of benzene rings is 1. The number of cyclic esters (lactones) is 1. The number of pyridine rings is 1. The number of aromatic nitrogens is 1. The number of aliphatic hydroxyl groups excluding tert-OH is 1. The van der Waals surface area contributed by atoms with E-state index in [-0.39, 0.29) is 24.3 Å². The third-order valence-corrected chi connectivity index (χ3v) is 9.43. The molecule has 5 rings (SSSR count). The van der Waals surface area contributed by atoms with E-state index in [4.69, 9.17) is 9.72 Å². The fourth-order valence-corrected chi connectivity index (χ4v) is 6.51. The van der Waals surface area contributed by atoms with Gasteiger partial charge in [-0.05, 0) is 69.6 Å². The van der Waals surface area contributed by atoms with Crippen LogP contribution in [0, 0.1) is 5.92 Å². The molecule has 0 radical (unpaired) electrons. The smallest absolute Gasteiger partial charge is 0.325 e. The standard InChI is InChI=1S/C36H51N7O6/c1-23(2)32-33(45)37-24(3)34(46)43-20-9-11-29(40-43)35(47)49-25(4)28-15-14-27-13-12-26(22-30(27)38-28)10-5-6-17-42(21-16-31(44)39-32)36(48)41-18-7-8-19-41/h5,10,12-15,22-25,29,31-32,39-40,44H,6-9,11,16-21H2,1-4H3,(H,37,45)/b10-5+/t24-,25+,29-,31?,32-/m0/s1. The third-order valence-electron chi connectivity index (χ3n) is 9.43. The van der Waals surface area contributed by atoms with Gasteiger partial charge in [0.15, 0.2) is 0 Å². The third kappa shape index (κ3) is 9.34. The maximum atomic E-state index is 13.4. The van der Waals surface area contributed by atoms with Crippen LogP contribution in [0.15, 0.2) is 36.4 Å². The Kier molecular flexibility index (Phi) is 12.2. The highest BCUT2D eigenvalue weighted by atomic mass is 16.5. The minimum absolute atomic E-state index is 0.0493. The van der Waals surface area contributed by atoms with Gasteiger partial charge in [0.2, 0.25) is 5.91 Å². The molecule has 49 heavy (non-hydrogen) atoms. The molecule has 5 atom stereocenters. The number of ether oxygens (including phenoxy) is 1. The lowest BCUT2D eigenvalue weighted by molar-refractivity contribution is -0.157. The van der Waals surface area contributed by atoms with E-state index in [9.17, 15) is 24.3 Å². The Morgan fingerprint density at radius 3 is 2.45 bits per heavy atom. The Morgan fingerprint density at radius 2 is 1.69 bits per heavy atom. The van der Waals surface area contributed by atoms with E-state index in [0.29, 0.717) is 44.6 Å². The van der Waals surface area contributed by atoms with Gasteiger partial charge >= 0.3 is 12.0 Å². The Morgan fingerprint density at radius 1 is 0.959 bits per heavy atom. The molecule has 0 spiro atoms. The molecule has 4 heterocycles. The molecule has 2 fully saturated rings. The first-order chi connectivity index (χ1) is 23.5. The molecule has 2 aromatic rings. The summed E-state index contributed by atoms with van der Waals surface area (Å²) in [5, 5.41) is 19.1. The minimum atomic E-state index is -1.06. The van der Waals surface area contributed by atoms with Crippen LogP contribution in [0.1, 0.15) is 83.6 Å². The summed E-state index contributed by atoms with van der Waals surface area (Å²) < 4.78 is 5.81. The summed E-state index contributed by atoms with van der Waals surface area (Å²) >= 11 is 0. The summed E-state index contributed by atoms with van der Waals surface area (Å²) in [5.41, 5.74) is 5.33. The van der Waals surface area contributed by atoms with E-state index in [1.165, 1.54) is 5.01 Å². The molecule has 13 nitrogen and oxygen atoms in total. The van der Waals surface area contributed by atoms with Gasteiger partial charge in [0.25, 0.3) is 5.91 Å². The van der Waals surface area contributed by atoms with Crippen molar-refractivity contribution in [2.45, 2.75) is 96.7 Å². The van der Waals surface area contributed by atoms with Gasteiger partial charge in [-0.15, -0.1) is 0 Å². The van der Waals surface area contributed by atoms with Crippen LogP contribution in [0.5, 0.6) is 0 Å². The second-order valence-electron chi connectivity index (χ2n) is 13.7. The van der Waals surface area contributed by atoms with Gasteiger partial charge in [0, 0.05) is 44.5 Å². The average molecular weight is 678 g/mol. The van der Waals surface area contributed by atoms with Crippen LogP contribution in [0.4, 0.5) is 4.79 Å². The highest BCUT2D eigenvalue weighted by Crippen LogP contribution is 2.23. The Bertz CT molecular complexity index is 1530. The number of esters is 1. The first-order valence-corrected chi connectivity index (χ1v) is 17.6. The number of hydrogen-bond donors (Lipinski definition) is 4. The van der Waals surface area contributed by atoms with Gasteiger partial charge in [-0.25, -0.2) is 15.2 Å². The predicted octanol–water partition coefficient (Wildman–Crippen LogP) is 3.10. The number of fused-ring (bicyclic) bond motifs is 4. The molecule has 3 aliphatic rings. The highest BCUT2D eigenvalue weighted by Gasteiger charge is 2.34. The SMILES string of the molecule is CC(C)[C@@H]1NC(O)CCN(C(=O)N2CCCC2)CC/C=C/c2ccc3ccc(nc3c2)[C@@H](C)OC(=O)[C@@H]2CCCN(N2)C(=O)[C@H](C)NC1=O. The van der Waals surface area contributed by atoms with Crippen molar-refractivity contribution < 1.29 is 29.0 Å². The molecule has 266 valence electrons. The van der Waals surface area contributed by atoms with Crippen LogP contribution < -0.4 is 16.1 Å². The van der Waals surface area contributed by atoms with E-state index in [2.05, 4.69) is 16.1 Å². The van der Waals surface area contributed by atoms with Crippen LogP contribution in [0.3, 0.4) is 0 Å². The Balaban J connectivity index is 1.39. The molecule has 1 aromatic carbocycles. The average Bonchev–Trinajstić information content (AvgIpc) is 3.64. The lowest BCUT2D eigenvalue weighted by Gasteiger charge is -2.35. The Labute approximate surface area is 288 Å². The van der Waals surface area contributed by atoms with Gasteiger partial charge in [0.1, 0.15) is 24.4 Å². The second-order valence-corrected chi connectivity index (χ2v) is 13.7. The summed E-state index contributed by atoms with van der Waals surface area (Å²) in [6.07, 6.45) is 6.21. The molecule has 2 saturated heterocycles. The molecule has 1 unspecified atom stereocenters. The van der Waals surface area contributed by atoms with Gasteiger partial charge in [-0.1, -0.05) is 44.2 Å². The number of nitrogens with one attached hydrogen (secondary N) is 3. The summed E-state index contributed by atoms with van der Waals surface area (Å²) in [5.74, 6) is -1.49. The summed E-state index contributed by atoms with van der Waals surface area (Å²) in [6.45, 7) is 9.67. The van der Waals surface area contributed by atoms with Gasteiger partial charge in [-0.2, -0.15) is 0 Å². The minimum Gasteiger partial charge on any atom is -0.455 e. The number of hydrazine groups is 1. The van der Waals surface area contributed by atoms with Crippen LogP contribution in [-0.4, -0.2) is 106 Å². The first kappa shape index (κ1) is 36.2. The van der Waals surface area contributed by atoms with Crippen LogP contribution >= 0.6 is 0 Å². The van der Waals surface area contributed by atoms with Crippen LogP contribution in [0.25, 0.3) is 17.0 Å². The molecule has 1 aromatic heterocycles. The maximum absolute atomic E-state index is 13.4. The zero-order valence-electron chi connectivity index (χ0n) is 29.1. The number of carbonyl (C=O) groups excluding carboxylic acids is 4. The van der Waals surface area contributed by atoms with E-state index >= 15 is 0 Å². The molecule has 4 N–H and O–H groups in total. The number of aliphatic hydroxyl groups is 1. The largest absolute Gasteiger partial charge is 0.455 e. The predicted molar refractivity (Wildman–Crippen MR) is 186 cm³/mol. The topological polar surface area (TPSA) is 156 Å². The van der Waals surface area contributed by atoms with Crippen molar-refractivity contribution in [3.05, 3.63) is 47.7 Å². The van der Waals surface area contributed by atoms with Crippen molar-refractivity contribution in [1.29, 1.82) is 0 Å². The molecule has 0 saturated carbocycles. The first-order valence-electron chi connectivity index (χ1n) is 17.6. The van der Waals surface area contributed by atoms with Crippen molar-refractivity contribution >= 4 is 40.8 Å². The number of likely N-dealkylation sites (tertiary alicyclic amines) is 1. The van der Waals surface area contributed by atoms with E-state index in [0.717, 1.165) is 42.4 Å². The van der Waals surface area contributed by atoms with Crippen molar-refractivity contribution in [2.75, 3.05) is 32.7 Å². The van der Waals surface area contributed by atoms with Gasteiger partial charge in [-0.3, -0.25) is 24.7 Å². The molecule has 0 aliphatic carbocycles. The van der Waals surface area contributed by atoms with E-state index < -0.39 is 42.3 Å². The van der Waals surface area contributed by atoms with E-state index in [1.807, 2.05) is 61.2 Å². The highest BCUT2D eigenvalue weighted by molar-refractivity contribution is 5.90. The molecule has 13 heteroatoms. The Hall–Kier alpha value is -4.07. The lowest BCUT2D eigenvalue weighted by Crippen LogP contribution is -2.61. The number of nitrogens with zero attached hydrogens (tertiary/aromatic N) is 4. The monoisotopic (exact) mass is 677 g/mol. The summed E-state index contributed by atoms with van der Waals surface area (Å²) in [4.78, 5) is 61.9. The van der Waals surface area contributed by atoms with Crippen molar-refractivity contribution in [3.63, 3.8) is 0 Å². The number of urea groups is 1. The van der Waals surface area contributed by atoms with Gasteiger partial charge in [0.05, 0.1) is 17.3 Å². The normalized spacial score (nSPS) is 27.6. The number of carbonyl (C=O) groups is 4. The summed E-state index contributed by atoms with van der Waals surface area (Å²) in [7, 11) is 0. The maximum Gasteiger partial charge on any atom is 0.325 e. The fraction of sp³-hybridized carbons (Fsp3) is 0.583. The molecular formula is C36H51N7O6. The zero-order chi connectivity index (χ0) is 35.1. The second kappa shape index (κ2) is 16.6. The molecule has 4 amide bonds. The van der Waals surface area contributed by atoms with Crippen LogP contribution in [0.2, 0.25) is 0 Å². The van der Waals surface area contributed by atoms with E-state index in [1.54, 1.807) is 18.7 Å². The molecule has 5 bridgehead atoms. The van der Waals surface area contributed by atoms with Crippen molar-refractivity contribution in [1.82, 2.24) is 35.9 Å². The molecular weight excluding hydrogens is 626 g/mol. The molecule has 3 aliphatic heterocycles. The number of rotatable bonds is 1. The van der Waals surface area contributed by atoms with Gasteiger partial charge < -0.3 is 25.0 Å². The number of amides is 4. The fourth-order valence-electron chi connectivity index (χ4n) is 6.51. The van der Waals surface area contributed by atoms with Crippen molar-refractivity contribution in [2.24, 2.45) is 5.92 Å². The lowest BCUT2D eigenvalue weighted by atomic mass is 10.0.